The van der Waals surface area contributed by atoms with Crippen LogP contribution in [-0.2, 0) is 4.74 Å². The van der Waals surface area contributed by atoms with Crippen molar-refractivity contribution < 1.29 is 27.8 Å². The van der Waals surface area contributed by atoms with Gasteiger partial charge in [0.2, 0.25) is 5.76 Å². The molecule has 1 aliphatic heterocycles. The third-order valence-corrected chi connectivity index (χ3v) is 5.32. The van der Waals surface area contributed by atoms with Crippen LogP contribution in [0.4, 0.5) is 4.39 Å². The fraction of sp³-hybridized carbons (Fsp3) is 0.250. The summed E-state index contributed by atoms with van der Waals surface area (Å²) in [5.74, 6) is -0.116. The predicted molar refractivity (Wildman–Crippen MR) is 116 cm³/mol. The average molecular weight is 439 g/mol. The van der Waals surface area contributed by atoms with Crippen molar-refractivity contribution in [1.82, 2.24) is 4.90 Å². The predicted octanol–water partition coefficient (Wildman–Crippen LogP) is 3.70. The third-order valence-electron chi connectivity index (χ3n) is 5.32. The van der Waals surface area contributed by atoms with Gasteiger partial charge in [-0.05, 0) is 35.9 Å². The molecule has 0 saturated carbocycles. The molecule has 8 heteroatoms. The van der Waals surface area contributed by atoms with Gasteiger partial charge in [0.05, 0.1) is 30.7 Å². The molecule has 0 aliphatic carbocycles. The summed E-state index contributed by atoms with van der Waals surface area (Å²) in [6.07, 6.45) is 1.61. The van der Waals surface area contributed by atoms with Crippen molar-refractivity contribution in [3.8, 4) is 11.5 Å². The molecule has 3 aromatic rings. The van der Waals surface area contributed by atoms with Crippen molar-refractivity contribution in [2.75, 3.05) is 34.0 Å². The van der Waals surface area contributed by atoms with E-state index in [1.807, 2.05) is 0 Å². The zero-order valence-electron chi connectivity index (χ0n) is 17.7. The second kappa shape index (κ2) is 8.84. The number of hydrogen-bond donors (Lipinski definition) is 0. The number of rotatable bonds is 8. The minimum absolute atomic E-state index is 0.0545. The lowest BCUT2D eigenvalue weighted by Gasteiger charge is -2.25. The summed E-state index contributed by atoms with van der Waals surface area (Å²) in [7, 11) is 3.03. The molecule has 2 heterocycles. The summed E-state index contributed by atoms with van der Waals surface area (Å²) in [6.45, 7) is 4.41. The van der Waals surface area contributed by atoms with Crippen molar-refractivity contribution in [2.24, 2.45) is 0 Å². The second-order valence-corrected chi connectivity index (χ2v) is 7.22. The van der Waals surface area contributed by atoms with Crippen LogP contribution in [0.3, 0.4) is 0 Å². The number of methoxy groups -OCH3 is 2. The molecule has 0 bridgehead atoms. The summed E-state index contributed by atoms with van der Waals surface area (Å²) < 4.78 is 35.8. The molecular formula is C24H22FNO6. The standard InChI is InChI=1S/C24H22FNO6/c1-4-10-31-18-7-5-14(12-19(18)30-3)21-20-22(27)16-13-15(25)6-8-17(16)32-23(20)24(28)26(21)9-11-29-2/h4-8,12-13,21H,1,9-11H2,2-3H3/t21-/m0/s1. The van der Waals surface area contributed by atoms with E-state index in [1.54, 1.807) is 24.3 Å². The quantitative estimate of drug-likeness (QED) is 0.498. The van der Waals surface area contributed by atoms with Gasteiger partial charge in [0.15, 0.2) is 16.9 Å². The number of fused-ring (bicyclic) bond motifs is 2. The molecule has 0 fully saturated rings. The Morgan fingerprint density at radius 1 is 1.16 bits per heavy atom. The van der Waals surface area contributed by atoms with Gasteiger partial charge in [0, 0.05) is 13.7 Å². The SMILES string of the molecule is C=CCOc1ccc([C@H]2c3c(oc4ccc(F)cc4c3=O)C(=O)N2CCOC)cc1OC. The van der Waals surface area contributed by atoms with Gasteiger partial charge in [-0.2, -0.15) is 0 Å². The van der Waals surface area contributed by atoms with Gasteiger partial charge in [0.1, 0.15) is 18.0 Å². The highest BCUT2D eigenvalue weighted by Crippen LogP contribution is 2.40. The number of carbonyl (C=O) groups is 1. The van der Waals surface area contributed by atoms with E-state index in [0.29, 0.717) is 23.7 Å². The van der Waals surface area contributed by atoms with Crippen LogP contribution < -0.4 is 14.9 Å². The Morgan fingerprint density at radius 3 is 2.69 bits per heavy atom. The molecule has 0 saturated heterocycles. The van der Waals surface area contributed by atoms with Gasteiger partial charge < -0.3 is 23.5 Å². The Labute approximate surface area is 183 Å². The normalized spacial score (nSPS) is 15.2. The van der Waals surface area contributed by atoms with E-state index in [-0.39, 0.29) is 35.4 Å². The van der Waals surface area contributed by atoms with Crippen molar-refractivity contribution >= 4 is 16.9 Å². The number of hydrogen-bond acceptors (Lipinski definition) is 6. The molecule has 4 rings (SSSR count). The van der Waals surface area contributed by atoms with Gasteiger partial charge in [-0.3, -0.25) is 9.59 Å². The number of carbonyl (C=O) groups excluding carboxylic acids is 1. The summed E-state index contributed by atoms with van der Waals surface area (Å²) >= 11 is 0. The number of nitrogens with zero attached hydrogens (tertiary/aromatic N) is 1. The fourth-order valence-electron chi connectivity index (χ4n) is 3.88. The maximum atomic E-state index is 13.8. The lowest BCUT2D eigenvalue weighted by atomic mass is 9.98. The maximum absolute atomic E-state index is 13.8. The molecule has 1 aliphatic rings. The van der Waals surface area contributed by atoms with Gasteiger partial charge in [0.25, 0.3) is 5.91 Å². The average Bonchev–Trinajstić information content (AvgIpc) is 3.08. The molecule has 32 heavy (non-hydrogen) atoms. The first-order chi connectivity index (χ1) is 15.5. The fourth-order valence-corrected chi connectivity index (χ4v) is 3.88. The zero-order chi connectivity index (χ0) is 22.8. The van der Waals surface area contributed by atoms with Crippen LogP contribution in [0.15, 0.2) is 58.3 Å². The first kappa shape index (κ1) is 21.6. The van der Waals surface area contributed by atoms with Crippen LogP contribution in [0.2, 0.25) is 0 Å². The first-order valence-electron chi connectivity index (χ1n) is 9.98. The minimum Gasteiger partial charge on any atom is -0.493 e. The van der Waals surface area contributed by atoms with Crippen LogP contribution in [0, 0.1) is 5.82 Å². The van der Waals surface area contributed by atoms with E-state index in [0.717, 1.165) is 6.07 Å². The molecular weight excluding hydrogens is 417 g/mol. The largest absolute Gasteiger partial charge is 0.493 e. The Kier molecular flexibility index (Phi) is 5.96. The molecule has 1 amide bonds. The Bertz CT molecular complexity index is 1250. The van der Waals surface area contributed by atoms with E-state index >= 15 is 0 Å². The van der Waals surface area contributed by atoms with Crippen molar-refractivity contribution in [3.63, 3.8) is 0 Å². The van der Waals surface area contributed by atoms with Crippen molar-refractivity contribution in [2.45, 2.75) is 6.04 Å². The van der Waals surface area contributed by atoms with Crippen LogP contribution >= 0.6 is 0 Å². The van der Waals surface area contributed by atoms with Gasteiger partial charge in [-0.1, -0.05) is 18.7 Å². The van der Waals surface area contributed by atoms with E-state index in [1.165, 1.54) is 31.3 Å². The Hall–Kier alpha value is -3.65. The molecule has 0 unspecified atom stereocenters. The maximum Gasteiger partial charge on any atom is 0.290 e. The lowest BCUT2D eigenvalue weighted by molar-refractivity contribution is 0.0663. The molecule has 0 N–H and O–H groups in total. The third kappa shape index (κ3) is 3.62. The van der Waals surface area contributed by atoms with E-state index in [2.05, 4.69) is 6.58 Å². The highest BCUT2D eigenvalue weighted by Gasteiger charge is 2.42. The summed E-state index contributed by atoms with van der Waals surface area (Å²) in [5.41, 5.74) is 0.483. The number of ether oxygens (including phenoxy) is 3. The number of amides is 1. The van der Waals surface area contributed by atoms with Gasteiger partial charge >= 0.3 is 0 Å². The molecule has 166 valence electrons. The number of benzene rings is 2. The zero-order valence-corrected chi connectivity index (χ0v) is 17.7. The van der Waals surface area contributed by atoms with Crippen LogP contribution in [-0.4, -0.2) is 44.8 Å². The van der Waals surface area contributed by atoms with Gasteiger partial charge in [-0.25, -0.2) is 4.39 Å². The van der Waals surface area contributed by atoms with Crippen molar-refractivity contribution in [1.29, 1.82) is 0 Å². The second-order valence-electron chi connectivity index (χ2n) is 7.22. The van der Waals surface area contributed by atoms with E-state index in [9.17, 15) is 14.0 Å². The van der Waals surface area contributed by atoms with Crippen LogP contribution in [0.5, 0.6) is 11.5 Å². The Morgan fingerprint density at radius 2 is 1.97 bits per heavy atom. The van der Waals surface area contributed by atoms with E-state index in [4.69, 9.17) is 18.6 Å². The number of halogens is 1. The highest BCUT2D eigenvalue weighted by molar-refractivity contribution is 5.99. The summed E-state index contributed by atoms with van der Waals surface area (Å²) in [6, 6.07) is 8.07. The molecule has 0 radical (unpaired) electrons. The van der Waals surface area contributed by atoms with Gasteiger partial charge in [-0.15, -0.1) is 0 Å². The van der Waals surface area contributed by atoms with Crippen LogP contribution in [0.25, 0.3) is 11.0 Å². The minimum atomic E-state index is -0.751. The molecule has 1 aromatic heterocycles. The van der Waals surface area contributed by atoms with Crippen molar-refractivity contribution in [3.05, 3.63) is 82.0 Å². The summed E-state index contributed by atoms with van der Waals surface area (Å²) in [5, 5.41) is 0.0769. The van der Waals surface area contributed by atoms with E-state index < -0.39 is 23.2 Å². The molecule has 2 aromatic carbocycles. The summed E-state index contributed by atoms with van der Waals surface area (Å²) in [4.78, 5) is 28.1. The van der Waals surface area contributed by atoms with Crippen LogP contribution in [0.1, 0.15) is 27.7 Å². The molecule has 0 spiro atoms. The Balaban J connectivity index is 1.91. The lowest BCUT2D eigenvalue weighted by Crippen LogP contribution is -2.32. The molecule has 7 nitrogen and oxygen atoms in total. The topological polar surface area (TPSA) is 78.2 Å². The first-order valence-corrected chi connectivity index (χ1v) is 9.98. The highest BCUT2D eigenvalue weighted by atomic mass is 19.1. The molecule has 1 atom stereocenters. The monoisotopic (exact) mass is 439 g/mol. The smallest absolute Gasteiger partial charge is 0.290 e.